The predicted octanol–water partition coefficient (Wildman–Crippen LogP) is 3.30. The fourth-order valence-corrected chi connectivity index (χ4v) is 5.34. The minimum absolute atomic E-state index is 0.0105. The average molecular weight is 469 g/mol. The number of rotatable bonds is 5. The molecule has 2 heterocycles. The number of likely N-dealkylation sites (tertiary alicyclic amines) is 1. The molecule has 8 nitrogen and oxygen atoms in total. The van der Waals surface area contributed by atoms with E-state index in [2.05, 4.69) is 4.72 Å². The predicted molar refractivity (Wildman–Crippen MR) is 127 cm³/mol. The smallest absolute Gasteiger partial charge is 0.296 e. The van der Waals surface area contributed by atoms with Crippen LogP contribution in [0.2, 0.25) is 0 Å². The Balaban J connectivity index is 1.60. The zero-order valence-corrected chi connectivity index (χ0v) is 19.8. The van der Waals surface area contributed by atoms with Crippen molar-refractivity contribution in [2.75, 3.05) is 11.3 Å². The second kappa shape index (κ2) is 8.90. The van der Waals surface area contributed by atoms with Gasteiger partial charge in [0, 0.05) is 25.2 Å². The molecule has 33 heavy (non-hydrogen) atoms. The molecule has 1 aromatic heterocycles. The lowest BCUT2D eigenvalue weighted by molar-refractivity contribution is 0.0635. The SMILES string of the molecule is Cc1c(NS(=O)(=O)c2ccc(C(=O)N3CCCC[C@H]3C)cc2)c(=O)n(-c2ccccc2)n1C. The maximum Gasteiger partial charge on any atom is 0.296 e. The molecule has 1 atom stereocenters. The zero-order valence-electron chi connectivity index (χ0n) is 19.0. The summed E-state index contributed by atoms with van der Waals surface area (Å²) in [5.74, 6) is -0.0937. The molecule has 174 valence electrons. The van der Waals surface area contributed by atoms with E-state index in [-0.39, 0.29) is 22.5 Å². The number of sulfonamides is 1. The number of nitrogens with zero attached hydrogens (tertiary/aromatic N) is 3. The number of anilines is 1. The van der Waals surface area contributed by atoms with Crippen molar-refractivity contribution in [2.24, 2.45) is 7.05 Å². The Bertz CT molecular complexity index is 1330. The van der Waals surface area contributed by atoms with E-state index < -0.39 is 15.6 Å². The van der Waals surface area contributed by atoms with Gasteiger partial charge in [-0.1, -0.05) is 18.2 Å². The summed E-state index contributed by atoms with van der Waals surface area (Å²) in [4.78, 5) is 27.7. The van der Waals surface area contributed by atoms with E-state index in [0.29, 0.717) is 23.5 Å². The van der Waals surface area contributed by atoms with E-state index in [1.807, 2.05) is 17.9 Å². The number of nitrogens with one attached hydrogen (secondary N) is 1. The fourth-order valence-electron chi connectivity index (χ4n) is 4.22. The molecule has 1 aliphatic heterocycles. The molecule has 1 N–H and O–H groups in total. The third-order valence-electron chi connectivity index (χ3n) is 6.27. The molecule has 0 aliphatic carbocycles. The van der Waals surface area contributed by atoms with Gasteiger partial charge in [-0.15, -0.1) is 0 Å². The van der Waals surface area contributed by atoms with E-state index in [9.17, 15) is 18.0 Å². The number of amides is 1. The van der Waals surface area contributed by atoms with Crippen LogP contribution < -0.4 is 10.3 Å². The fraction of sp³-hybridized carbons (Fsp3) is 0.333. The summed E-state index contributed by atoms with van der Waals surface area (Å²) in [6, 6.07) is 15.0. The van der Waals surface area contributed by atoms with Crippen molar-refractivity contribution in [3.8, 4) is 5.69 Å². The molecule has 1 amide bonds. The quantitative estimate of drug-likeness (QED) is 0.622. The molecule has 9 heteroatoms. The minimum Gasteiger partial charge on any atom is -0.336 e. The number of benzene rings is 2. The number of para-hydroxylation sites is 1. The molecular formula is C24H28N4O4S. The van der Waals surface area contributed by atoms with Gasteiger partial charge in [0.15, 0.2) is 0 Å². The first-order valence-electron chi connectivity index (χ1n) is 11.0. The van der Waals surface area contributed by atoms with Crippen LogP contribution in [0.5, 0.6) is 0 Å². The van der Waals surface area contributed by atoms with E-state index in [1.54, 1.807) is 42.9 Å². The van der Waals surface area contributed by atoms with Gasteiger partial charge in [-0.2, -0.15) is 0 Å². The maximum atomic E-state index is 13.0. The summed E-state index contributed by atoms with van der Waals surface area (Å²) in [5, 5.41) is 0. The van der Waals surface area contributed by atoms with Gasteiger partial charge in [0.25, 0.3) is 21.5 Å². The van der Waals surface area contributed by atoms with Crippen molar-refractivity contribution < 1.29 is 13.2 Å². The topological polar surface area (TPSA) is 93.4 Å². The van der Waals surface area contributed by atoms with Crippen LogP contribution in [-0.2, 0) is 17.1 Å². The van der Waals surface area contributed by atoms with Crippen molar-refractivity contribution in [3.63, 3.8) is 0 Å². The Morgan fingerprint density at radius 2 is 1.70 bits per heavy atom. The Kier molecular flexibility index (Phi) is 6.16. The lowest BCUT2D eigenvalue weighted by Gasteiger charge is -2.33. The van der Waals surface area contributed by atoms with Crippen LogP contribution in [0.25, 0.3) is 5.69 Å². The molecule has 0 bridgehead atoms. The molecule has 0 radical (unpaired) electrons. The largest absolute Gasteiger partial charge is 0.336 e. The number of carbonyl (C=O) groups is 1. The van der Waals surface area contributed by atoms with Crippen molar-refractivity contribution in [1.29, 1.82) is 0 Å². The van der Waals surface area contributed by atoms with E-state index >= 15 is 0 Å². The van der Waals surface area contributed by atoms with Crippen LogP contribution >= 0.6 is 0 Å². The summed E-state index contributed by atoms with van der Waals surface area (Å²) in [7, 11) is -2.33. The van der Waals surface area contributed by atoms with E-state index in [1.165, 1.54) is 28.9 Å². The third kappa shape index (κ3) is 4.32. The highest BCUT2D eigenvalue weighted by molar-refractivity contribution is 7.92. The second-order valence-electron chi connectivity index (χ2n) is 8.41. The van der Waals surface area contributed by atoms with Gasteiger partial charge < -0.3 is 4.90 Å². The first-order chi connectivity index (χ1) is 15.7. The summed E-state index contributed by atoms with van der Waals surface area (Å²) >= 11 is 0. The molecule has 3 aromatic rings. The number of carbonyl (C=O) groups excluding carboxylic acids is 1. The van der Waals surface area contributed by atoms with Crippen LogP contribution in [0.1, 0.15) is 42.2 Å². The number of hydrogen-bond acceptors (Lipinski definition) is 4. The van der Waals surface area contributed by atoms with Gasteiger partial charge in [-0.05, 0) is 69.5 Å². The number of piperidine rings is 1. The summed E-state index contributed by atoms with van der Waals surface area (Å²) < 4.78 is 31.5. The first kappa shape index (κ1) is 22.8. The normalized spacial score (nSPS) is 16.6. The molecule has 2 aromatic carbocycles. The molecule has 4 rings (SSSR count). The van der Waals surface area contributed by atoms with Crippen LogP contribution in [0.3, 0.4) is 0 Å². The molecule has 1 aliphatic rings. The van der Waals surface area contributed by atoms with Gasteiger partial charge >= 0.3 is 0 Å². The van der Waals surface area contributed by atoms with Crippen LogP contribution in [0.4, 0.5) is 5.69 Å². The molecule has 1 fully saturated rings. The highest BCUT2D eigenvalue weighted by Crippen LogP contribution is 2.22. The van der Waals surface area contributed by atoms with Gasteiger partial charge in [-0.3, -0.25) is 19.0 Å². The van der Waals surface area contributed by atoms with E-state index in [4.69, 9.17) is 0 Å². The lowest BCUT2D eigenvalue weighted by Crippen LogP contribution is -2.42. The summed E-state index contributed by atoms with van der Waals surface area (Å²) in [6.07, 6.45) is 3.06. The van der Waals surface area contributed by atoms with Crippen molar-refractivity contribution in [1.82, 2.24) is 14.3 Å². The van der Waals surface area contributed by atoms with Gasteiger partial charge in [0.1, 0.15) is 5.69 Å². The highest BCUT2D eigenvalue weighted by atomic mass is 32.2. The number of hydrogen-bond donors (Lipinski definition) is 1. The minimum atomic E-state index is -4.02. The Hall–Kier alpha value is -3.33. The molecule has 0 spiro atoms. The summed E-state index contributed by atoms with van der Waals surface area (Å²) in [6.45, 7) is 4.42. The Morgan fingerprint density at radius 3 is 2.33 bits per heavy atom. The Labute approximate surface area is 193 Å². The zero-order chi connectivity index (χ0) is 23.8. The number of aromatic nitrogens is 2. The van der Waals surface area contributed by atoms with Crippen molar-refractivity contribution in [3.05, 3.63) is 76.2 Å². The van der Waals surface area contributed by atoms with Crippen LogP contribution in [0.15, 0.2) is 64.3 Å². The average Bonchev–Trinajstić information content (AvgIpc) is 3.02. The van der Waals surface area contributed by atoms with Gasteiger partial charge in [0.2, 0.25) is 0 Å². The highest BCUT2D eigenvalue weighted by Gasteiger charge is 2.26. The van der Waals surface area contributed by atoms with E-state index in [0.717, 1.165) is 19.3 Å². The molecule has 0 saturated carbocycles. The molecule has 0 unspecified atom stereocenters. The van der Waals surface area contributed by atoms with Gasteiger partial charge in [-0.25, -0.2) is 13.1 Å². The maximum absolute atomic E-state index is 13.0. The summed E-state index contributed by atoms with van der Waals surface area (Å²) in [5.41, 5.74) is 1.09. The van der Waals surface area contributed by atoms with Crippen LogP contribution in [0, 0.1) is 6.92 Å². The Morgan fingerprint density at radius 1 is 1.03 bits per heavy atom. The lowest BCUT2D eigenvalue weighted by atomic mass is 10.0. The van der Waals surface area contributed by atoms with Gasteiger partial charge in [0.05, 0.1) is 16.3 Å². The second-order valence-corrected chi connectivity index (χ2v) is 10.1. The third-order valence-corrected chi connectivity index (χ3v) is 7.63. The van der Waals surface area contributed by atoms with Crippen molar-refractivity contribution >= 4 is 21.6 Å². The molecule has 1 saturated heterocycles. The monoisotopic (exact) mass is 468 g/mol. The standard InChI is InChI=1S/C24H28N4O4S/c1-17-9-7-8-16-27(17)23(29)19-12-14-21(15-13-19)33(31,32)25-22-18(2)26(3)28(24(22)30)20-10-5-4-6-11-20/h4-6,10-15,17,25H,7-9,16H2,1-3H3/t17-/m1/s1. The van der Waals surface area contributed by atoms with Crippen LogP contribution in [-0.4, -0.2) is 41.2 Å². The first-order valence-corrected chi connectivity index (χ1v) is 12.5. The van der Waals surface area contributed by atoms with Crippen molar-refractivity contribution in [2.45, 2.75) is 44.0 Å². The molecular weight excluding hydrogens is 440 g/mol.